The largest absolute Gasteiger partial charge is 0.491 e. The van der Waals surface area contributed by atoms with Gasteiger partial charge in [0.1, 0.15) is 18.5 Å². The molecule has 0 saturated carbocycles. The first-order valence-electron chi connectivity index (χ1n) is 7.00. The molecule has 0 heterocycles. The lowest BCUT2D eigenvalue weighted by Gasteiger charge is -2.14. The van der Waals surface area contributed by atoms with Crippen molar-refractivity contribution >= 4 is 5.69 Å². The molecule has 0 amide bonds. The van der Waals surface area contributed by atoms with Crippen LogP contribution in [0.15, 0.2) is 42.5 Å². The normalized spacial score (nSPS) is 14.8. The van der Waals surface area contributed by atoms with Crippen molar-refractivity contribution in [3.05, 3.63) is 59.2 Å². The second-order valence-electron chi connectivity index (χ2n) is 5.28. The van der Waals surface area contributed by atoms with E-state index in [4.69, 9.17) is 10.5 Å². The highest BCUT2D eigenvalue weighted by Crippen LogP contribution is 2.26. The number of aliphatic hydroxyl groups excluding tert-OH is 1. The highest BCUT2D eigenvalue weighted by Gasteiger charge is 2.13. The van der Waals surface area contributed by atoms with Crippen molar-refractivity contribution < 1.29 is 9.84 Å². The summed E-state index contributed by atoms with van der Waals surface area (Å²) in [5.74, 6) is 0.827. The Labute approximate surface area is 119 Å². The Morgan fingerprint density at radius 3 is 2.80 bits per heavy atom. The highest BCUT2D eigenvalue weighted by molar-refractivity contribution is 5.41. The summed E-state index contributed by atoms with van der Waals surface area (Å²) in [6.07, 6.45) is 2.86. The van der Waals surface area contributed by atoms with Gasteiger partial charge in [0.05, 0.1) is 0 Å². The molecular weight excluding hydrogens is 250 g/mol. The first kappa shape index (κ1) is 13.0. The van der Waals surface area contributed by atoms with E-state index in [1.807, 2.05) is 18.2 Å². The van der Waals surface area contributed by atoms with Crippen molar-refractivity contribution in [1.82, 2.24) is 0 Å². The van der Waals surface area contributed by atoms with Crippen LogP contribution in [0.3, 0.4) is 0 Å². The van der Waals surface area contributed by atoms with Crippen molar-refractivity contribution in [2.75, 3.05) is 12.3 Å². The molecule has 0 aromatic heterocycles. The second kappa shape index (κ2) is 5.55. The molecule has 3 nitrogen and oxygen atoms in total. The first-order chi connectivity index (χ1) is 9.72. The summed E-state index contributed by atoms with van der Waals surface area (Å²) in [6.45, 7) is 0.238. The number of fused-ring (bicyclic) bond motifs is 1. The van der Waals surface area contributed by atoms with E-state index in [1.165, 1.54) is 24.0 Å². The molecule has 0 spiro atoms. The third kappa shape index (κ3) is 2.78. The van der Waals surface area contributed by atoms with Gasteiger partial charge in [-0.05, 0) is 60.2 Å². The van der Waals surface area contributed by atoms with Gasteiger partial charge in [0, 0.05) is 5.69 Å². The number of nitrogens with two attached hydrogens (primary N) is 1. The summed E-state index contributed by atoms with van der Waals surface area (Å²) in [4.78, 5) is 0. The lowest BCUT2D eigenvalue weighted by Crippen LogP contribution is -2.10. The van der Waals surface area contributed by atoms with Gasteiger partial charge >= 0.3 is 0 Å². The Kier molecular flexibility index (Phi) is 3.61. The van der Waals surface area contributed by atoms with Gasteiger partial charge in [0.15, 0.2) is 0 Å². The standard InChI is InChI=1S/C17H19NO2/c18-15-6-2-5-14(9-15)17(19)11-20-16-8-7-12-3-1-4-13(12)10-16/h2,5-10,17,19H,1,3-4,11,18H2. The molecule has 2 aromatic rings. The molecule has 1 unspecified atom stereocenters. The fourth-order valence-electron chi connectivity index (χ4n) is 2.68. The van der Waals surface area contributed by atoms with Crippen molar-refractivity contribution in [2.24, 2.45) is 0 Å². The van der Waals surface area contributed by atoms with Crippen molar-refractivity contribution in [2.45, 2.75) is 25.4 Å². The molecule has 1 aliphatic carbocycles. The molecule has 20 heavy (non-hydrogen) atoms. The molecule has 0 radical (unpaired) electrons. The third-order valence-corrected chi connectivity index (χ3v) is 3.77. The van der Waals surface area contributed by atoms with Crippen LogP contribution < -0.4 is 10.5 Å². The summed E-state index contributed by atoms with van der Waals surface area (Å²) in [5, 5.41) is 10.1. The van der Waals surface area contributed by atoms with E-state index in [1.54, 1.807) is 12.1 Å². The molecule has 1 atom stereocenters. The van der Waals surface area contributed by atoms with Crippen LogP contribution >= 0.6 is 0 Å². The number of benzene rings is 2. The molecule has 0 fully saturated rings. The van der Waals surface area contributed by atoms with E-state index in [9.17, 15) is 5.11 Å². The zero-order valence-electron chi connectivity index (χ0n) is 11.4. The molecule has 104 valence electrons. The number of ether oxygens (including phenoxy) is 1. The highest BCUT2D eigenvalue weighted by atomic mass is 16.5. The van der Waals surface area contributed by atoms with Crippen LogP contribution in [-0.2, 0) is 12.8 Å². The van der Waals surface area contributed by atoms with E-state index >= 15 is 0 Å². The predicted molar refractivity (Wildman–Crippen MR) is 79.8 cm³/mol. The lowest BCUT2D eigenvalue weighted by molar-refractivity contribution is 0.108. The Bertz CT molecular complexity index is 610. The van der Waals surface area contributed by atoms with Gasteiger partial charge in [-0.1, -0.05) is 18.2 Å². The quantitative estimate of drug-likeness (QED) is 0.839. The molecule has 3 rings (SSSR count). The number of aliphatic hydroxyl groups is 1. The zero-order chi connectivity index (χ0) is 13.9. The van der Waals surface area contributed by atoms with Gasteiger partial charge < -0.3 is 15.6 Å². The minimum atomic E-state index is -0.660. The minimum Gasteiger partial charge on any atom is -0.491 e. The molecule has 3 N–H and O–H groups in total. The average Bonchev–Trinajstić information content (AvgIpc) is 2.92. The topological polar surface area (TPSA) is 55.5 Å². The number of anilines is 1. The number of nitrogen functional groups attached to an aromatic ring is 1. The van der Waals surface area contributed by atoms with Crippen molar-refractivity contribution in [1.29, 1.82) is 0 Å². The second-order valence-corrected chi connectivity index (χ2v) is 5.28. The Balaban J connectivity index is 1.64. The summed E-state index contributed by atoms with van der Waals surface area (Å²) < 4.78 is 5.70. The van der Waals surface area contributed by atoms with Crippen LogP contribution in [0.1, 0.15) is 29.2 Å². The summed E-state index contributed by atoms with van der Waals surface area (Å²) in [5.41, 5.74) is 9.95. The van der Waals surface area contributed by atoms with E-state index in [0.29, 0.717) is 5.69 Å². The number of hydrogen-bond acceptors (Lipinski definition) is 3. The van der Waals surface area contributed by atoms with E-state index < -0.39 is 6.10 Å². The van der Waals surface area contributed by atoms with Gasteiger partial charge in [-0.2, -0.15) is 0 Å². The van der Waals surface area contributed by atoms with Crippen LogP contribution in [0.5, 0.6) is 5.75 Å². The first-order valence-corrected chi connectivity index (χ1v) is 7.00. The van der Waals surface area contributed by atoms with Gasteiger partial charge in [0.25, 0.3) is 0 Å². The number of hydrogen-bond donors (Lipinski definition) is 2. The maximum atomic E-state index is 10.1. The molecule has 0 bridgehead atoms. The van der Waals surface area contributed by atoms with Gasteiger partial charge in [-0.25, -0.2) is 0 Å². The van der Waals surface area contributed by atoms with Crippen LogP contribution in [0.4, 0.5) is 5.69 Å². The zero-order valence-corrected chi connectivity index (χ0v) is 11.4. The van der Waals surface area contributed by atoms with Crippen molar-refractivity contribution in [3.63, 3.8) is 0 Å². The Morgan fingerprint density at radius 1 is 1.10 bits per heavy atom. The Morgan fingerprint density at radius 2 is 1.95 bits per heavy atom. The molecule has 0 aliphatic heterocycles. The third-order valence-electron chi connectivity index (χ3n) is 3.77. The summed E-state index contributed by atoms with van der Waals surface area (Å²) >= 11 is 0. The Hall–Kier alpha value is -2.00. The lowest BCUT2D eigenvalue weighted by atomic mass is 10.1. The molecule has 1 aliphatic rings. The molecule has 2 aromatic carbocycles. The van der Waals surface area contributed by atoms with Crippen molar-refractivity contribution in [3.8, 4) is 5.75 Å². The molecule has 0 saturated heterocycles. The average molecular weight is 269 g/mol. The van der Waals surface area contributed by atoms with Crippen LogP contribution in [-0.4, -0.2) is 11.7 Å². The van der Waals surface area contributed by atoms with E-state index in [2.05, 4.69) is 12.1 Å². The van der Waals surface area contributed by atoms with Gasteiger partial charge in [-0.3, -0.25) is 0 Å². The maximum absolute atomic E-state index is 10.1. The fraction of sp³-hybridized carbons (Fsp3) is 0.294. The molecular formula is C17H19NO2. The SMILES string of the molecule is Nc1cccc(C(O)COc2ccc3c(c2)CCC3)c1. The summed E-state index contributed by atoms with van der Waals surface area (Å²) in [6, 6.07) is 13.5. The van der Waals surface area contributed by atoms with Gasteiger partial charge in [-0.15, -0.1) is 0 Å². The number of rotatable bonds is 4. The van der Waals surface area contributed by atoms with Crippen LogP contribution in [0, 0.1) is 0 Å². The fourth-order valence-corrected chi connectivity index (χ4v) is 2.68. The van der Waals surface area contributed by atoms with Gasteiger partial charge in [0.2, 0.25) is 0 Å². The number of aryl methyl sites for hydroxylation is 2. The van der Waals surface area contributed by atoms with Crippen LogP contribution in [0.2, 0.25) is 0 Å². The van der Waals surface area contributed by atoms with E-state index in [0.717, 1.165) is 17.7 Å². The smallest absolute Gasteiger partial charge is 0.119 e. The van der Waals surface area contributed by atoms with E-state index in [-0.39, 0.29) is 6.61 Å². The minimum absolute atomic E-state index is 0.238. The summed E-state index contributed by atoms with van der Waals surface area (Å²) in [7, 11) is 0. The van der Waals surface area contributed by atoms with Crippen LogP contribution in [0.25, 0.3) is 0 Å². The molecule has 3 heteroatoms. The monoisotopic (exact) mass is 269 g/mol. The maximum Gasteiger partial charge on any atom is 0.119 e. The predicted octanol–water partition coefficient (Wildman–Crippen LogP) is 2.87.